The highest BCUT2D eigenvalue weighted by Crippen LogP contribution is 2.23. The summed E-state index contributed by atoms with van der Waals surface area (Å²) in [6.45, 7) is 0.333. The van der Waals surface area contributed by atoms with Crippen LogP contribution in [-0.4, -0.2) is 11.1 Å². The van der Waals surface area contributed by atoms with Crippen molar-refractivity contribution in [1.29, 1.82) is 0 Å². The van der Waals surface area contributed by atoms with E-state index in [0.29, 0.717) is 22.3 Å². The Hall–Kier alpha value is -2.11. The molecule has 0 fully saturated rings. The number of halogens is 1. The first-order valence-electron chi connectivity index (χ1n) is 6.25. The van der Waals surface area contributed by atoms with Crippen molar-refractivity contribution in [3.63, 3.8) is 0 Å². The molecule has 0 aliphatic carbocycles. The Morgan fingerprint density at radius 1 is 1.14 bits per heavy atom. The van der Waals surface area contributed by atoms with E-state index in [1.165, 1.54) is 0 Å². The number of nitrogens with one attached hydrogen (secondary N) is 2. The molecule has 2 aromatic carbocycles. The van der Waals surface area contributed by atoms with Gasteiger partial charge in [0, 0.05) is 22.0 Å². The first-order valence-corrected chi connectivity index (χ1v) is 7.04. The van der Waals surface area contributed by atoms with Crippen molar-refractivity contribution < 1.29 is 9.53 Å². The van der Waals surface area contributed by atoms with Crippen LogP contribution in [0, 0.1) is 0 Å². The van der Waals surface area contributed by atoms with Gasteiger partial charge in [0.2, 0.25) is 0 Å². The third-order valence-corrected chi connectivity index (χ3v) is 3.47. The number of anilines is 2. The number of benzene rings is 2. The van der Waals surface area contributed by atoms with Gasteiger partial charge < -0.3 is 15.4 Å². The van der Waals surface area contributed by atoms with Crippen LogP contribution in [0.15, 0.2) is 42.5 Å². The van der Waals surface area contributed by atoms with Crippen LogP contribution in [-0.2, 0) is 11.3 Å². The van der Waals surface area contributed by atoms with Crippen molar-refractivity contribution in [2.75, 3.05) is 10.6 Å². The second-order valence-corrected chi connectivity index (χ2v) is 5.38. The van der Waals surface area contributed by atoms with Gasteiger partial charge in [0.1, 0.15) is 6.61 Å². The molecule has 21 heavy (non-hydrogen) atoms. The lowest BCUT2D eigenvalue weighted by molar-refractivity contribution is 0.0535. The molecule has 0 saturated heterocycles. The van der Waals surface area contributed by atoms with Crippen LogP contribution >= 0.6 is 23.8 Å². The van der Waals surface area contributed by atoms with Crippen LogP contribution in [0.25, 0.3) is 0 Å². The number of hydrogen-bond donors (Lipinski definition) is 2. The molecule has 0 bridgehead atoms. The lowest BCUT2D eigenvalue weighted by Crippen LogP contribution is -2.19. The molecule has 1 aliphatic heterocycles. The second-order valence-electron chi connectivity index (χ2n) is 4.54. The fourth-order valence-corrected chi connectivity index (χ4v) is 2.48. The number of fused-ring (bicyclic) bond motifs is 1. The van der Waals surface area contributed by atoms with E-state index in [1.807, 2.05) is 24.3 Å². The molecule has 1 heterocycles. The number of carbonyl (C=O) groups excluding carboxylic acids is 1. The van der Waals surface area contributed by atoms with Crippen LogP contribution < -0.4 is 10.6 Å². The van der Waals surface area contributed by atoms with Gasteiger partial charge in [-0.25, -0.2) is 4.79 Å². The van der Waals surface area contributed by atoms with Crippen molar-refractivity contribution >= 4 is 46.3 Å². The summed E-state index contributed by atoms with van der Waals surface area (Å²) >= 11 is 11.2. The van der Waals surface area contributed by atoms with Crippen LogP contribution in [0.2, 0.25) is 5.02 Å². The van der Waals surface area contributed by atoms with E-state index in [-0.39, 0.29) is 5.97 Å². The number of cyclic esters (lactones) is 1. The minimum Gasteiger partial charge on any atom is -0.457 e. The standard InChI is InChI=1S/C15H11ClN2O2S/c16-10-2-1-3-11(6-10)17-15(21)18-12-5-4-9-8-20-14(19)13(9)7-12/h1-7H,8H2,(H2,17,18,21). The molecule has 106 valence electrons. The van der Waals surface area contributed by atoms with Crippen molar-refractivity contribution in [2.24, 2.45) is 0 Å². The number of ether oxygens (including phenoxy) is 1. The van der Waals surface area contributed by atoms with Gasteiger partial charge in [0.05, 0.1) is 5.56 Å². The molecule has 6 heteroatoms. The Labute approximate surface area is 132 Å². The molecule has 2 N–H and O–H groups in total. The zero-order valence-electron chi connectivity index (χ0n) is 10.9. The molecule has 0 saturated carbocycles. The normalized spacial score (nSPS) is 12.5. The lowest BCUT2D eigenvalue weighted by Gasteiger charge is -2.11. The summed E-state index contributed by atoms with van der Waals surface area (Å²) in [5.41, 5.74) is 2.98. The average molecular weight is 319 g/mol. The molecule has 0 radical (unpaired) electrons. The van der Waals surface area contributed by atoms with Crippen molar-refractivity contribution in [1.82, 2.24) is 0 Å². The Bertz CT molecular complexity index is 733. The van der Waals surface area contributed by atoms with Gasteiger partial charge in [-0.3, -0.25) is 0 Å². The molecule has 0 amide bonds. The van der Waals surface area contributed by atoms with Crippen LogP contribution in [0.4, 0.5) is 11.4 Å². The fraction of sp³-hybridized carbons (Fsp3) is 0.0667. The van der Waals surface area contributed by atoms with E-state index in [4.69, 9.17) is 28.6 Å². The number of carbonyl (C=O) groups is 1. The summed E-state index contributed by atoms with van der Waals surface area (Å²) in [6, 6.07) is 12.7. The SMILES string of the molecule is O=C1OCc2ccc(NC(=S)Nc3cccc(Cl)c3)cc21. The largest absolute Gasteiger partial charge is 0.457 e. The van der Waals surface area contributed by atoms with Crippen LogP contribution in [0.1, 0.15) is 15.9 Å². The highest BCUT2D eigenvalue weighted by molar-refractivity contribution is 7.80. The third-order valence-electron chi connectivity index (χ3n) is 3.03. The minimum atomic E-state index is -0.303. The molecule has 1 aliphatic rings. The van der Waals surface area contributed by atoms with Gasteiger partial charge in [-0.1, -0.05) is 23.7 Å². The Kier molecular flexibility index (Phi) is 3.77. The summed E-state index contributed by atoms with van der Waals surface area (Å²) in [5, 5.41) is 7.11. The smallest absolute Gasteiger partial charge is 0.338 e. The zero-order valence-corrected chi connectivity index (χ0v) is 12.4. The summed E-state index contributed by atoms with van der Waals surface area (Å²) in [6.07, 6.45) is 0. The van der Waals surface area contributed by atoms with Crippen molar-refractivity contribution in [2.45, 2.75) is 6.61 Å². The Morgan fingerprint density at radius 3 is 2.67 bits per heavy atom. The van der Waals surface area contributed by atoms with E-state index < -0.39 is 0 Å². The van der Waals surface area contributed by atoms with Gasteiger partial charge in [-0.2, -0.15) is 0 Å². The molecule has 0 unspecified atom stereocenters. The summed E-state index contributed by atoms with van der Waals surface area (Å²) in [5.74, 6) is -0.303. The number of hydrogen-bond acceptors (Lipinski definition) is 3. The highest BCUT2D eigenvalue weighted by atomic mass is 35.5. The quantitative estimate of drug-likeness (QED) is 0.651. The summed E-state index contributed by atoms with van der Waals surface area (Å²) in [7, 11) is 0. The van der Waals surface area contributed by atoms with Gasteiger partial charge in [0.25, 0.3) is 0 Å². The third kappa shape index (κ3) is 3.15. The lowest BCUT2D eigenvalue weighted by atomic mass is 10.1. The molecule has 3 rings (SSSR count). The predicted molar refractivity (Wildman–Crippen MR) is 86.9 cm³/mol. The van der Waals surface area contributed by atoms with Crippen LogP contribution in [0.3, 0.4) is 0 Å². The average Bonchev–Trinajstić information content (AvgIpc) is 2.80. The molecule has 0 aromatic heterocycles. The highest BCUT2D eigenvalue weighted by Gasteiger charge is 2.21. The van der Waals surface area contributed by atoms with Gasteiger partial charge in [-0.15, -0.1) is 0 Å². The molecule has 0 atom stereocenters. The Morgan fingerprint density at radius 2 is 1.90 bits per heavy atom. The van der Waals surface area contributed by atoms with E-state index in [1.54, 1.807) is 18.2 Å². The maximum absolute atomic E-state index is 11.5. The maximum Gasteiger partial charge on any atom is 0.338 e. The minimum absolute atomic E-state index is 0.303. The maximum atomic E-state index is 11.5. The van der Waals surface area contributed by atoms with Crippen molar-refractivity contribution in [3.05, 3.63) is 58.6 Å². The Balaban J connectivity index is 1.71. The van der Waals surface area contributed by atoms with Gasteiger partial charge >= 0.3 is 5.97 Å². The van der Waals surface area contributed by atoms with E-state index >= 15 is 0 Å². The van der Waals surface area contributed by atoms with Gasteiger partial charge in [0.15, 0.2) is 5.11 Å². The van der Waals surface area contributed by atoms with Crippen molar-refractivity contribution in [3.8, 4) is 0 Å². The fourth-order valence-electron chi connectivity index (χ4n) is 2.05. The molecule has 0 spiro atoms. The first-order chi connectivity index (χ1) is 10.1. The monoisotopic (exact) mass is 318 g/mol. The van der Waals surface area contributed by atoms with E-state index in [0.717, 1.165) is 16.9 Å². The number of thiocarbonyl (C=S) groups is 1. The number of esters is 1. The zero-order chi connectivity index (χ0) is 14.8. The molecular weight excluding hydrogens is 308 g/mol. The van der Waals surface area contributed by atoms with Crippen LogP contribution in [0.5, 0.6) is 0 Å². The van der Waals surface area contributed by atoms with E-state index in [9.17, 15) is 4.79 Å². The summed E-state index contributed by atoms with van der Waals surface area (Å²) < 4.78 is 4.96. The van der Waals surface area contributed by atoms with E-state index in [2.05, 4.69) is 10.6 Å². The molecule has 2 aromatic rings. The predicted octanol–water partition coefficient (Wildman–Crippen LogP) is 3.82. The summed E-state index contributed by atoms with van der Waals surface area (Å²) in [4.78, 5) is 11.5. The first kappa shape index (κ1) is 13.9. The number of rotatable bonds is 2. The second kappa shape index (κ2) is 5.71. The van der Waals surface area contributed by atoms with Gasteiger partial charge in [-0.05, 0) is 42.5 Å². The molecular formula is C15H11ClN2O2S. The topological polar surface area (TPSA) is 50.4 Å². The molecule has 4 nitrogen and oxygen atoms in total.